The van der Waals surface area contributed by atoms with E-state index in [9.17, 15) is 0 Å². The molecule has 30 heavy (non-hydrogen) atoms. The third-order valence-corrected chi connectivity index (χ3v) is 4.83. The van der Waals surface area contributed by atoms with E-state index in [2.05, 4.69) is 17.4 Å². The van der Waals surface area contributed by atoms with E-state index in [1.54, 1.807) is 35.5 Å². The predicted octanol–water partition coefficient (Wildman–Crippen LogP) is 5.01. The predicted molar refractivity (Wildman–Crippen MR) is 118 cm³/mol. The zero-order chi connectivity index (χ0) is 21.5. The third-order valence-electron chi connectivity index (χ3n) is 4.83. The van der Waals surface area contributed by atoms with Gasteiger partial charge in [-0.25, -0.2) is 0 Å². The summed E-state index contributed by atoms with van der Waals surface area (Å²) in [5, 5.41) is 3.45. The van der Waals surface area contributed by atoms with Crippen molar-refractivity contribution in [3.05, 3.63) is 60.2 Å². The molecule has 0 amide bonds. The normalized spacial score (nSPS) is 10.3. The molecule has 0 aliphatic heterocycles. The number of anilines is 1. The van der Waals surface area contributed by atoms with Crippen LogP contribution >= 0.6 is 0 Å². The lowest BCUT2D eigenvalue weighted by molar-refractivity contribution is 0.324. The fraction of sp³-hybridized carbons (Fsp3) is 0.250. The van der Waals surface area contributed by atoms with E-state index in [-0.39, 0.29) is 0 Å². The summed E-state index contributed by atoms with van der Waals surface area (Å²) in [5.74, 6) is 3.27. The van der Waals surface area contributed by atoms with Gasteiger partial charge in [0.25, 0.3) is 0 Å². The highest BCUT2D eigenvalue weighted by Gasteiger charge is 2.15. The van der Waals surface area contributed by atoms with Crippen LogP contribution in [0.4, 0.5) is 5.69 Å². The molecule has 3 aromatic carbocycles. The molecule has 6 heteroatoms. The van der Waals surface area contributed by atoms with Gasteiger partial charge < -0.3 is 29.0 Å². The first kappa shape index (κ1) is 21.2. The Morgan fingerprint density at radius 1 is 0.667 bits per heavy atom. The highest BCUT2D eigenvalue weighted by molar-refractivity contribution is 5.74. The summed E-state index contributed by atoms with van der Waals surface area (Å²) in [7, 11) is 8.10. The van der Waals surface area contributed by atoms with Gasteiger partial charge in [-0.2, -0.15) is 0 Å². The molecule has 0 fully saturated rings. The highest BCUT2D eigenvalue weighted by atomic mass is 16.5. The third kappa shape index (κ3) is 4.54. The summed E-state index contributed by atoms with van der Waals surface area (Å²) >= 11 is 0. The van der Waals surface area contributed by atoms with Crippen LogP contribution in [0.25, 0.3) is 11.1 Å². The summed E-state index contributed by atoms with van der Waals surface area (Å²) in [6.45, 7) is 0.614. The Bertz CT molecular complexity index is 955. The molecule has 0 atom stereocenters. The largest absolute Gasteiger partial charge is 0.497 e. The minimum Gasteiger partial charge on any atom is -0.497 e. The molecule has 1 N–H and O–H groups in total. The molecule has 3 rings (SSSR count). The number of ether oxygens (including phenoxy) is 5. The number of methoxy groups -OCH3 is 5. The molecule has 0 aliphatic carbocycles. The smallest absolute Gasteiger partial charge is 0.203 e. The molecule has 3 aromatic rings. The summed E-state index contributed by atoms with van der Waals surface area (Å²) in [6.07, 6.45) is 0. The summed E-state index contributed by atoms with van der Waals surface area (Å²) in [5.41, 5.74) is 4.07. The van der Waals surface area contributed by atoms with Crippen molar-refractivity contribution in [3.63, 3.8) is 0 Å². The molecule has 0 bridgehead atoms. The second kappa shape index (κ2) is 9.78. The molecule has 0 spiro atoms. The van der Waals surface area contributed by atoms with Crippen molar-refractivity contribution in [1.29, 1.82) is 0 Å². The van der Waals surface area contributed by atoms with Gasteiger partial charge in [0.05, 0.1) is 35.5 Å². The van der Waals surface area contributed by atoms with Gasteiger partial charge in [0.15, 0.2) is 11.5 Å². The van der Waals surface area contributed by atoms with E-state index in [0.29, 0.717) is 23.8 Å². The Hall–Kier alpha value is -3.54. The molecule has 0 aromatic heterocycles. The number of benzene rings is 3. The topological polar surface area (TPSA) is 58.2 Å². The highest BCUT2D eigenvalue weighted by Crippen LogP contribution is 2.42. The fourth-order valence-corrected chi connectivity index (χ4v) is 3.30. The Morgan fingerprint density at radius 3 is 1.80 bits per heavy atom. The van der Waals surface area contributed by atoms with Gasteiger partial charge in [-0.05, 0) is 28.8 Å². The molecule has 0 saturated carbocycles. The molecule has 0 aliphatic rings. The second-order valence-corrected chi connectivity index (χ2v) is 6.53. The van der Waals surface area contributed by atoms with Crippen LogP contribution in [0, 0.1) is 0 Å². The maximum Gasteiger partial charge on any atom is 0.203 e. The molecule has 0 heterocycles. The van der Waals surface area contributed by atoms with Gasteiger partial charge in [-0.1, -0.05) is 24.3 Å². The van der Waals surface area contributed by atoms with Crippen LogP contribution in [0.3, 0.4) is 0 Å². The van der Waals surface area contributed by atoms with Crippen LogP contribution in [-0.2, 0) is 6.54 Å². The molecular formula is C24H27NO5. The van der Waals surface area contributed by atoms with E-state index < -0.39 is 0 Å². The molecule has 0 saturated heterocycles. The SMILES string of the molecule is COc1cc(NCc2ccccc2-c2cc(OC)c(OC)c(OC)c2)cc(OC)c1. The minimum absolute atomic E-state index is 0.572. The number of hydrogen-bond acceptors (Lipinski definition) is 6. The Morgan fingerprint density at radius 2 is 1.27 bits per heavy atom. The standard InChI is InChI=1S/C24H27NO5/c1-26-19-12-18(13-20(14-19)27-2)25-15-16-8-6-7-9-21(16)17-10-22(28-3)24(30-5)23(11-17)29-4/h6-14,25H,15H2,1-5H3. The fourth-order valence-electron chi connectivity index (χ4n) is 3.30. The van der Waals surface area contributed by atoms with Crippen molar-refractivity contribution in [2.24, 2.45) is 0 Å². The lowest BCUT2D eigenvalue weighted by atomic mass is 9.98. The lowest BCUT2D eigenvalue weighted by Crippen LogP contribution is -2.02. The van der Waals surface area contributed by atoms with Crippen molar-refractivity contribution in [1.82, 2.24) is 0 Å². The van der Waals surface area contributed by atoms with Crippen molar-refractivity contribution in [2.75, 3.05) is 40.9 Å². The number of hydrogen-bond donors (Lipinski definition) is 1. The molecular weight excluding hydrogens is 382 g/mol. The van der Waals surface area contributed by atoms with Crippen LogP contribution in [0.1, 0.15) is 5.56 Å². The second-order valence-electron chi connectivity index (χ2n) is 6.53. The average Bonchev–Trinajstić information content (AvgIpc) is 2.81. The van der Waals surface area contributed by atoms with Crippen molar-refractivity contribution >= 4 is 5.69 Å². The summed E-state index contributed by atoms with van der Waals surface area (Å²) in [4.78, 5) is 0. The minimum atomic E-state index is 0.572. The lowest BCUT2D eigenvalue weighted by Gasteiger charge is -2.17. The maximum atomic E-state index is 5.51. The molecule has 158 valence electrons. The average molecular weight is 409 g/mol. The van der Waals surface area contributed by atoms with Crippen LogP contribution in [0.2, 0.25) is 0 Å². The van der Waals surface area contributed by atoms with E-state index in [1.807, 2.05) is 42.5 Å². The van der Waals surface area contributed by atoms with E-state index in [0.717, 1.165) is 33.9 Å². The van der Waals surface area contributed by atoms with Gasteiger partial charge in [0.2, 0.25) is 5.75 Å². The monoisotopic (exact) mass is 409 g/mol. The van der Waals surface area contributed by atoms with E-state index in [4.69, 9.17) is 23.7 Å². The van der Waals surface area contributed by atoms with Gasteiger partial charge >= 0.3 is 0 Å². The first-order valence-electron chi connectivity index (χ1n) is 9.48. The Kier molecular flexibility index (Phi) is 6.91. The zero-order valence-corrected chi connectivity index (χ0v) is 17.9. The molecule has 0 unspecified atom stereocenters. The molecule has 6 nitrogen and oxygen atoms in total. The molecule has 0 radical (unpaired) electrons. The van der Waals surface area contributed by atoms with Gasteiger partial charge in [-0.15, -0.1) is 0 Å². The van der Waals surface area contributed by atoms with E-state index in [1.165, 1.54) is 0 Å². The summed E-state index contributed by atoms with van der Waals surface area (Å²) in [6, 6.07) is 17.8. The van der Waals surface area contributed by atoms with Gasteiger partial charge in [-0.3, -0.25) is 0 Å². The van der Waals surface area contributed by atoms with Crippen LogP contribution in [0.15, 0.2) is 54.6 Å². The first-order chi connectivity index (χ1) is 14.6. The zero-order valence-electron chi connectivity index (χ0n) is 17.9. The first-order valence-corrected chi connectivity index (χ1v) is 9.48. The maximum absolute atomic E-state index is 5.51. The Balaban J connectivity index is 1.94. The number of rotatable bonds is 9. The number of nitrogens with one attached hydrogen (secondary N) is 1. The van der Waals surface area contributed by atoms with Crippen molar-refractivity contribution < 1.29 is 23.7 Å². The van der Waals surface area contributed by atoms with Crippen LogP contribution < -0.4 is 29.0 Å². The van der Waals surface area contributed by atoms with Crippen molar-refractivity contribution in [3.8, 4) is 39.9 Å². The van der Waals surface area contributed by atoms with Gasteiger partial charge in [0, 0.05) is 30.4 Å². The quantitative estimate of drug-likeness (QED) is 0.536. The van der Waals surface area contributed by atoms with Gasteiger partial charge in [0.1, 0.15) is 11.5 Å². The van der Waals surface area contributed by atoms with Crippen LogP contribution in [0.5, 0.6) is 28.7 Å². The Labute approximate surface area is 177 Å². The van der Waals surface area contributed by atoms with Crippen molar-refractivity contribution in [2.45, 2.75) is 6.54 Å². The van der Waals surface area contributed by atoms with Crippen LogP contribution in [-0.4, -0.2) is 35.5 Å². The van der Waals surface area contributed by atoms with E-state index >= 15 is 0 Å². The summed E-state index contributed by atoms with van der Waals surface area (Å²) < 4.78 is 27.2.